The third-order valence-electron chi connectivity index (χ3n) is 5.10. The van der Waals surface area contributed by atoms with E-state index in [0.29, 0.717) is 12.8 Å². The van der Waals surface area contributed by atoms with Crippen LogP contribution in [0, 0.1) is 0 Å². The first-order valence-corrected chi connectivity index (χ1v) is 11.3. The lowest BCUT2D eigenvalue weighted by Crippen LogP contribution is -2.25. The molecule has 0 amide bonds. The number of aliphatic hydroxyl groups is 2. The second kappa shape index (κ2) is 19.9. The van der Waals surface area contributed by atoms with Gasteiger partial charge in [-0.1, -0.05) is 76.9 Å². The van der Waals surface area contributed by atoms with Crippen LogP contribution in [-0.4, -0.2) is 33.5 Å². The largest absolute Gasteiger partial charge is 0.481 e. The van der Waals surface area contributed by atoms with Crippen molar-refractivity contribution in [2.45, 2.75) is 128 Å². The number of aliphatic carboxylic acids is 1. The Morgan fingerprint density at radius 1 is 0.704 bits per heavy atom. The van der Waals surface area contributed by atoms with Gasteiger partial charge in [-0.25, -0.2) is 0 Å². The standard InChI is InChI=1S/C23H44O4/c1-2-3-4-5-6-7-8-9-10-12-15-18-21(24)22(25)19-16-13-11-14-17-20-23(26)27/h7-8,21-22,24-25H,2-6,9-20H2,1H3,(H,26,27)/b8-7+/t21-,22-/m0/s1. The van der Waals surface area contributed by atoms with Crippen LogP contribution in [0.5, 0.6) is 0 Å². The van der Waals surface area contributed by atoms with Gasteiger partial charge < -0.3 is 15.3 Å². The topological polar surface area (TPSA) is 77.8 Å². The Kier molecular flexibility index (Phi) is 19.2. The van der Waals surface area contributed by atoms with Crippen molar-refractivity contribution in [3.05, 3.63) is 12.2 Å². The van der Waals surface area contributed by atoms with E-state index >= 15 is 0 Å². The molecule has 0 rings (SSSR count). The van der Waals surface area contributed by atoms with E-state index < -0.39 is 18.2 Å². The molecule has 0 heterocycles. The molecule has 4 nitrogen and oxygen atoms in total. The maximum atomic E-state index is 10.4. The summed E-state index contributed by atoms with van der Waals surface area (Å²) >= 11 is 0. The number of hydrogen-bond acceptors (Lipinski definition) is 3. The molecule has 0 saturated heterocycles. The van der Waals surface area contributed by atoms with Gasteiger partial charge in [-0.3, -0.25) is 4.79 Å². The number of carboxylic acid groups (broad SMARTS) is 1. The second-order valence-electron chi connectivity index (χ2n) is 7.79. The van der Waals surface area contributed by atoms with E-state index in [1.54, 1.807) is 0 Å². The first kappa shape index (κ1) is 26.1. The monoisotopic (exact) mass is 384 g/mol. The molecule has 0 aromatic rings. The Bertz CT molecular complexity index is 354. The molecular formula is C23H44O4. The van der Waals surface area contributed by atoms with E-state index in [2.05, 4.69) is 19.1 Å². The van der Waals surface area contributed by atoms with Crippen molar-refractivity contribution in [3.63, 3.8) is 0 Å². The van der Waals surface area contributed by atoms with E-state index in [4.69, 9.17) is 5.11 Å². The van der Waals surface area contributed by atoms with Crippen LogP contribution in [0.3, 0.4) is 0 Å². The van der Waals surface area contributed by atoms with Gasteiger partial charge in [0.1, 0.15) is 0 Å². The Morgan fingerprint density at radius 3 is 1.67 bits per heavy atom. The Balaban J connectivity index is 3.41. The summed E-state index contributed by atoms with van der Waals surface area (Å²) in [5.74, 6) is -0.730. The van der Waals surface area contributed by atoms with Crippen LogP contribution in [0.15, 0.2) is 12.2 Å². The molecule has 0 aromatic heterocycles. The highest BCUT2D eigenvalue weighted by Crippen LogP contribution is 2.14. The summed E-state index contributed by atoms with van der Waals surface area (Å²) in [4.78, 5) is 10.4. The number of aliphatic hydroxyl groups excluding tert-OH is 2. The number of unbranched alkanes of at least 4 members (excludes halogenated alkanes) is 11. The fraction of sp³-hybridized carbons (Fsp3) is 0.870. The summed E-state index contributed by atoms with van der Waals surface area (Å²) in [6, 6.07) is 0. The van der Waals surface area contributed by atoms with Gasteiger partial charge in [0.2, 0.25) is 0 Å². The van der Waals surface area contributed by atoms with Gasteiger partial charge in [0, 0.05) is 6.42 Å². The van der Waals surface area contributed by atoms with Gasteiger partial charge in [0.25, 0.3) is 0 Å². The molecule has 160 valence electrons. The van der Waals surface area contributed by atoms with E-state index in [1.807, 2.05) is 0 Å². The summed E-state index contributed by atoms with van der Waals surface area (Å²) in [5.41, 5.74) is 0. The lowest BCUT2D eigenvalue weighted by atomic mass is 10.00. The molecule has 0 saturated carbocycles. The van der Waals surface area contributed by atoms with E-state index in [-0.39, 0.29) is 6.42 Å². The first-order chi connectivity index (χ1) is 13.1. The fourth-order valence-corrected chi connectivity index (χ4v) is 3.26. The van der Waals surface area contributed by atoms with Gasteiger partial charge in [-0.15, -0.1) is 0 Å². The predicted octanol–water partition coefficient (Wildman–Crippen LogP) is 6.00. The minimum Gasteiger partial charge on any atom is -0.481 e. The summed E-state index contributed by atoms with van der Waals surface area (Å²) in [5, 5.41) is 28.6. The summed E-state index contributed by atoms with van der Waals surface area (Å²) in [6.45, 7) is 2.24. The van der Waals surface area contributed by atoms with E-state index in [9.17, 15) is 15.0 Å². The molecule has 2 atom stereocenters. The van der Waals surface area contributed by atoms with Crippen LogP contribution in [0.2, 0.25) is 0 Å². The minimum atomic E-state index is -0.730. The maximum Gasteiger partial charge on any atom is 0.303 e. The third kappa shape index (κ3) is 19.7. The molecule has 3 N–H and O–H groups in total. The normalized spacial score (nSPS) is 13.9. The zero-order valence-electron chi connectivity index (χ0n) is 17.6. The predicted molar refractivity (Wildman–Crippen MR) is 113 cm³/mol. The van der Waals surface area contributed by atoms with Gasteiger partial charge in [-0.05, 0) is 44.9 Å². The highest BCUT2D eigenvalue weighted by molar-refractivity contribution is 5.66. The molecule has 0 spiro atoms. The molecule has 0 bridgehead atoms. The Hall–Kier alpha value is -0.870. The van der Waals surface area contributed by atoms with Gasteiger partial charge in [0.15, 0.2) is 0 Å². The van der Waals surface area contributed by atoms with Crippen LogP contribution in [-0.2, 0) is 4.79 Å². The first-order valence-electron chi connectivity index (χ1n) is 11.3. The molecule has 0 aliphatic carbocycles. The molecule has 27 heavy (non-hydrogen) atoms. The quantitative estimate of drug-likeness (QED) is 0.178. The number of carbonyl (C=O) groups is 1. The van der Waals surface area contributed by atoms with Crippen LogP contribution in [0.4, 0.5) is 0 Å². The molecular weight excluding hydrogens is 340 g/mol. The molecule has 0 aliphatic rings. The van der Waals surface area contributed by atoms with Crippen molar-refractivity contribution in [2.75, 3.05) is 0 Å². The molecule has 0 radical (unpaired) electrons. The van der Waals surface area contributed by atoms with Crippen LogP contribution >= 0.6 is 0 Å². The lowest BCUT2D eigenvalue weighted by molar-refractivity contribution is -0.137. The number of hydrogen-bond donors (Lipinski definition) is 3. The third-order valence-corrected chi connectivity index (χ3v) is 5.10. The van der Waals surface area contributed by atoms with Crippen molar-refractivity contribution in [1.82, 2.24) is 0 Å². The molecule has 0 aromatic carbocycles. The maximum absolute atomic E-state index is 10.4. The van der Waals surface area contributed by atoms with Crippen molar-refractivity contribution >= 4 is 5.97 Å². The zero-order valence-corrected chi connectivity index (χ0v) is 17.6. The van der Waals surface area contributed by atoms with Crippen molar-refractivity contribution in [2.24, 2.45) is 0 Å². The lowest BCUT2D eigenvalue weighted by Gasteiger charge is -2.17. The van der Waals surface area contributed by atoms with Crippen molar-refractivity contribution < 1.29 is 20.1 Å². The van der Waals surface area contributed by atoms with E-state index in [0.717, 1.165) is 57.8 Å². The summed E-state index contributed by atoms with van der Waals surface area (Å²) < 4.78 is 0. The Labute approximate surface area is 167 Å². The molecule has 0 unspecified atom stereocenters. The highest BCUT2D eigenvalue weighted by Gasteiger charge is 2.15. The second-order valence-corrected chi connectivity index (χ2v) is 7.79. The van der Waals surface area contributed by atoms with Crippen molar-refractivity contribution in [3.8, 4) is 0 Å². The molecule has 0 aliphatic heterocycles. The number of carboxylic acids is 1. The number of rotatable bonds is 20. The number of allylic oxidation sites excluding steroid dienone is 2. The van der Waals surface area contributed by atoms with Gasteiger partial charge in [0.05, 0.1) is 12.2 Å². The zero-order chi connectivity index (χ0) is 20.2. The summed E-state index contributed by atoms with van der Waals surface area (Å²) in [6.07, 6.45) is 20.3. The van der Waals surface area contributed by atoms with E-state index in [1.165, 1.54) is 32.1 Å². The van der Waals surface area contributed by atoms with Crippen LogP contribution in [0.25, 0.3) is 0 Å². The Morgan fingerprint density at radius 2 is 1.15 bits per heavy atom. The highest BCUT2D eigenvalue weighted by atomic mass is 16.4. The van der Waals surface area contributed by atoms with Crippen LogP contribution in [0.1, 0.15) is 116 Å². The average molecular weight is 385 g/mol. The SMILES string of the molecule is CCCCCC/C=C/CCCCC[C@H](O)[C@@H](O)CCCCCCCC(=O)O. The van der Waals surface area contributed by atoms with Crippen LogP contribution < -0.4 is 0 Å². The molecule has 4 heteroatoms. The van der Waals surface area contributed by atoms with Gasteiger partial charge in [-0.2, -0.15) is 0 Å². The minimum absolute atomic E-state index is 0.246. The molecule has 0 fully saturated rings. The van der Waals surface area contributed by atoms with Gasteiger partial charge >= 0.3 is 5.97 Å². The summed E-state index contributed by atoms with van der Waals surface area (Å²) in [7, 11) is 0. The smallest absolute Gasteiger partial charge is 0.303 e. The van der Waals surface area contributed by atoms with Crippen molar-refractivity contribution in [1.29, 1.82) is 0 Å². The average Bonchev–Trinajstić information content (AvgIpc) is 2.64. The fourth-order valence-electron chi connectivity index (χ4n) is 3.26.